The molecule has 1 aromatic rings. The lowest BCUT2D eigenvalue weighted by atomic mass is 10.0. The van der Waals surface area contributed by atoms with Crippen LogP contribution in [0.4, 0.5) is 0 Å². The molecule has 1 aromatic carbocycles. The number of rotatable bonds is 6. The van der Waals surface area contributed by atoms with Crippen LogP contribution in [0.2, 0.25) is 0 Å². The van der Waals surface area contributed by atoms with Gasteiger partial charge in [-0.1, -0.05) is 0 Å². The van der Waals surface area contributed by atoms with Crippen molar-refractivity contribution in [1.82, 2.24) is 0 Å². The van der Waals surface area contributed by atoms with E-state index in [1.807, 2.05) is 19.1 Å². The summed E-state index contributed by atoms with van der Waals surface area (Å²) < 4.78 is 15.5. The Kier molecular flexibility index (Phi) is 8.03. The van der Waals surface area contributed by atoms with Gasteiger partial charge in [-0.25, -0.2) is 0 Å². The van der Waals surface area contributed by atoms with Crippen molar-refractivity contribution in [1.29, 1.82) is 0 Å². The van der Waals surface area contributed by atoms with Crippen LogP contribution >= 0.6 is 12.4 Å². The molecule has 0 saturated heterocycles. The number of aryl methyl sites for hydroxylation is 1. The van der Waals surface area contributed by atoms with Crippen LogP contribution in [0, 0.1) is 6.92 Å². The third kappa shape index (κ3) is 4.58. The van der Waals surface area contributed by atoms with E-state index in [9.17, 15) is 4.79 Å². The van der Waals surface area contributed by atoms with Gasteiger partial charge in [0.25, 0.3) is 0 Å². The van der Waals surface area contributed by atoms with E-state index in [1.54, 1.807) is 21.1 Å². The molecule has 0 aromatic heterocycles. The lowest BCUT2D eigenvalue weighted by Crippen LogP contribution is -2.19. The van der Waals surface area contributed by atoms with E-state index >= 15 is 0 Å². The van der Waals surface area contributed by atoms with Gasteiger partial charge in [-0.15, -0.1) is 12.4 Å². The number of benzene rings is 1. The largest absolute Gasteiger partial charge is 0.496 e. The third-order valence-corrected chi connectivity index (χ3v) is 2.75. The predicted octanol–water partition coefficient (Wildman–Crippen LogP) is 2.39. The SMILES string of the molecule is CCOC(=O)C[C@H](N)c1c(OC)cc(C)cc1OC.Cl. The highest BCUT2D eigenvalue weighted by Gasteiger charge is 2.21. The maximum Gasteiger partial charge on any atom is 0.307 e. The number of hydrogen-bond donors (Lipinski definition) is 1. The van der Waals surface area contributed by atoms with Crippen molar-refractivity contribution in [2.75, 3.05) is 20.8 Å². The number of ether oxygens (including phenoxy) is 3. The summed E-state index contributed by atoms with van der Waals surface area (Å²) in [6.45, 7) is 4.04. The first kappa shape index (κ1) is 18.5. The van der Waals surface area contributed by atoms with Crippen molar-refractivity contribution in [2.24, 2.45) is 5.73 Å². The molecule has 0 aliphatic rings. The van der Waals surface area contributed by atoms with Gasteiger partial charge in [0.15, 0.2) is 0 Å². The van der Waals surface area contributed by atoms with Gasteiger partial charge >= 0.3 is 5.97 Å². The normalized spacial score (nSPS) is 11.2. The van der Waals surface area contributed by atoms with Gasteiger partial charge in [0.05, 0.1) is 32.8 Å². The maximum atomic E-state index is 11.5. The summed E-state index contributed by atoms with van der Waals surface area (Å²) in [6, 6.07) is 3.20. The highest BCUT2D eigenvalue weighted by molar-refractivity contribution is 5.85. The van der Waals surface area contributed by atoms with Crippen LogP contribution in [0.5, 0.6) is 11.5 Å². The predicted molar refractivity (Wildman–Crippen MR) is 79.7 cm³/mol. The summed E-state index contributed by atoms with van der Waals surface area (Å²) >= 11 is 0. The van der Waals surface area contributed by atoms with Gasteiger partial charge in [0.1, 0.15) is 11.5 Å². The van der Waals surface area contributed by atoms with Crippen LogP contribution < -0.4 is 15.2 Å². The Hall–Kier alpha value is -1.46. The number of hydrogen-bond acceptors (Lipinski definition) is 5. The van der Waals surface area contributed by atoms with Crippen LogP contribution in [0.25, 0.3) is 0 Å². The molecule has 2 N–H and O–H groups in total. The van der Waals surface area contributed by atoms with E-state index in [4.69, 9.17) is 19.9 Å². The summed E-state index contributed by atoms with van der Waals surface area (Å²) in [5, 5.41) is 0. The van der Waals surface area contributed by atoms with Crippen molar-refractivity contribution < 1.29 is 19.0 Å². The fourth-order valence-corrected chi connectivity index (χ4v) is 1.94. The Bertz CT molecular complexity index is 426. The lowest BCUT2D eigenvalue weighted by Gasteiger charge is -2.19. The number of methoxy groups -OCH3 is 2. The Morgan fingerprint density at radius 2 is 1.75 bits per heavy atom. The summed E-state index contributed by atoms with van der Waals surface area (Å²) in [5.74, 6) is 0.905. The van der Waals surface area contributed by atoms with Gasteiger partial charge in [0.2, 0.25) is 0 Å². The van der Waals surface area contributed by atoms with Gasteiger partial charge in [0, 0.05) is 6.04 Å². The van der Waals surface area contributed by atoms with Gasteiger partial charge < -0.3 is 19.9 Å². The standard InChI is InChI=1S/C14H21NO4.ClH/c1-5-19-13(16)8-10(15)14-11(17-3)6-9(2)7-12(14)18-4;/h6-7,10H,5,8,15H2,1-4H3;1H/t10-;/m0./s1. The minimum atomic E-state index is -0.524. The molecule has 0 saturated carbocycles. The fraction of sp³-hybridized carbons (Fsp3) is 0.500. The van der Waals surface area contributed by atoms with Crippen molar-refractivity contribution in [2.45, 2.75) is 26.3 Å². The monoisotopic (exact) mass is 303 g/mol. The maximum absolute atomic E-state index is 11.5. The first-order chi connectivity index (χ1) is 9.03. The first-order valence-corrected chi connectivity index (χ1v) is 6.17. The molecule has 0 amide bonds. The van der Waals surface area contributed by atoms with E-state index in [0.29, 0.717) is 23.7 Å². The van der Waals surface area contributed by atoms with Crippen LogP contribution in [0.3, 0.4) is 0 Å². The van der Waals surface area contributed by atoms with E-state index in [1.165, 1.54) is 0 Å². The zero-order valence-corrected chi connectivity index (χ0v) is 13.1. The van der Waals surface area contributed by atoms with E-state index in [-0.39, 0.29) is 24.8 Å². The van der Waals surface area contributed by atoms with Crippen LogP contribution in [-0.2, 0) is 9.53 Å². The number of carbonyl (C=O) groups is 1. The lowest BCUT2D eigenvalue weighted by molar-refractivity contribution is -0.143. The molecule has 0 radical (unpaired) electrons. The Morgan fingerprint density at radius 3 is 2.15 bits per heavy atom. The topological polar surface area (TPSA) is 70.8 Å². The molecule has 1 rings (SSSR count). The molecule has 0 bridgehead atoms. The molecule has 6 heteroatoms. The average molecular weight is 304 g/mol. The Morgan fingerprint density at radius 1 is 1.25 bits per heavy atom. The molecule has 5 nitrogen and oxygen atoms in total. The Labute approximate surface area is 125 Å². The van der Waals surface area contributed by atoms with Crippen molar-refractivity contribution in [3.05, 3.63) is 23.3 Å². The molecular formula is C14H22ClNO4. The number of nitrogens with two attached hydrogens (primary N) is 1. The van der Waals surface area contributed by atoms with Crippen molar-refractivity contribution in [3.63, 3.8) is 0 Å². The summed E-state index contributed by atoms with van der Waals surface area (Å²) in [6.07, 6.45) is 0.0869. The smallest absolute Gasteiger partial charge is 0.307 e. The zero-order chi connectivity index (χ0) is 14.4. The van der Waals surface area contributed by atoms with Gasteiger partial charge in [-0.2, -0.15) is 0 Å². The summed E-state index contributed by atoms with van der Waals surface area (Å²) in [7, 11) is 3.13. The minimum Gasteiger partial charge on any atom is -0.496 e. The fourth-order valence-electron chi connectivity index (χ4n) is 1.94. The number of halogens is 1. The second kappa shape index (κ2) is 8.66. The van der Waals surface area contributed by atoms with E-state index in [0.717, 1.165) is 5.56 Å². The summed E-state index contributed by atoms with van der Waals surface area (Å²) in [5.41, 5.74) is 7.75. The minimum absolute atomic E-state index is 0. The molecule has 0 spiro atoms. The number of carbonyl (C=O) groups excluding carboxylic acids is 1. The molecule has 114 valence electrons. The van der Waals surface area contributed by atoms with Gasteiger partial charge in [-0.3, -0.25) is 4.79 Å². The Balaban J connectivity index is 0.00000361. The molecule has 0 fully saturated rings. The molecule has 1 atom stereocenters. The van der Waals surface area contributed by atoms with E-state index < -0.39 is 6.04 Å². The highest BCUT2D eigenvalue weighted by atomic mass is 35.5. The first-order valence-electron chi connectivity index (χ1n) is 6.17. The van der Waals surface area contributed by atoms with Crippen LogP contribution in [-0.4, -0.2) is 26.8 Å². The van der Waals surface area contributed by atoms with Crippen LogP contribution in [0.1, 0.15) is 30.5 Å². The molecule has 0 unspecified atom stereocenters. The van der Waals surface area contributed by atoms with Crippen molar-refractivity contribution >= 4 is 18.4 Å². The molecular weight excluding hydrogens is 282 g/mol. The van der Waals surface area contributed by atoms with E-state index in [2.05, 4.69) is 0 Å². The average Bonchev–Trinajstić information content (AvgIpc) is 2.37. The van der Waals surface area contributed by atoms with Crippen molar-refractivity contribution in [3.8, 4) is 11.5 Å². The molecule has 0 heterocycles. The van der Waals surface area contributed by atoms with Gasteiger partial charge in [-0.05, 0) is 31.5 Å². The third-order valence-electron chi connectivity index (χ3n) is 2.75. The quantitative estimate of drug-likeness (QED) is 0.817. The highest BCUT2D eigenvalue weighted by Crippen LogP contribution is 2.35. The number of esters is 1. The summed E-state index contributed by atoms with van der Waals surface area (Å²) in [4.78, 5) is 11.5. The molecule has 0 aliphatic carbocycles. The molecule has 20 heavy (non-hydrogen) atoms. The second-order valence-corrected chi connectivity index (χ2v) is 4.20. The second-order valence-electron chi connectivity index (χ2n) is 4.20. The van der Waals surface area contributed by atoms with Crippen LogP contribution in [0.15, 0.2) is 12.1 Å². The molecule has 0 aliphatic heterocycles. The zero-order valence-electron chi connectivity index (χ0n) is 12.3.